The molecule has 10 nitrogen and oxygen atoms in total. The molecule has 0 unspecified atom stereocenters. The molecule has 0 saturated carbocycles. The zero-order valence-electron chi connectivity index (χ0n) is 15.6. The molecule has 10 heteroatoms. The first-order valence-electron chi connectivity index (χ1n) is 8.49. The normalized spacial score (nSPS) is 10.6. The Morgan fingerprint density at radius 2 is 1.97 bits per heavy atom. The standard InChI is InChI=1S/C20H15N3O7/c1-28-18-10-13(7-8-16(18)30-20(25)17-6-3-9-29-17)12-21-22-19(24)14-4-2-5-15(11-14)23(26)27/h2-12H,1H3,(H,22,24)/b21-12-. The predicted octanol–water partition coefficient (Wildman–Crippen LogP) is 3.18. The number of esters is 1. The van der Waals surface area contributed by atoms with Crippen LogP contribution in [0.25, 0.3) is 0 Å². The van der Waals surface area contributed by atoms with Gasteiger partial charge in [0.2, 0.25) is 5.76 Å². The van der Waals surface area contributed by atoms with Crippen molar-refractivity contribution in [3.63, 3.8) is 0 Å². The first kappa shape index (κ1) is 20.3. The third-order valence-electron chi connectivity index (χ3n) is 3.81. The van der Waals surface area contributed by atoms with E-state index in [0.29, 0.717) is 5.56 Å². The van der Waals surface area contributed by atoms with Crippen molar-refractivity contribution < 1.29 is 28.4 Å². The summed E-state index contributed by atoms with van der Waals surface area (Å²) in [5.41, 5.74) is 2.73. The van der Waals surface area contributed by atoms with Crippen molar-refractivity contribution in [1.82, 2.24) is 5.43 Å². The van der Waals surface area contributed by atoms with Gasteiger partial charge in [0.15, 0.2) is 11.5 Å². The number of nitrogens with zero attached hydrogens (tertiary/aromatic N) is 2. The molecule has 30 heavy (non-hydrogen) atoms. The number of hydrazone groups is 1. The van der Waals surface area contributed by atoms with Gasteiger partial charge in [0.1, 0.15) is 0 Å². The molecule has 0 aliphatic carbocycles. The van der Waals surface area contributed by atoms with Crippen LogP contribution in [0.2, 0.25) is 0 Å². The molecule has 0 fully saturated rings. The summed E-state index contributed by atoms with van der Waals surface area (Å²) in [4.78, 5) is 34.3. The highest BCUT2D eigenvalue weighted by Gasteiger charge is 2.15. The summed E-state index contributed by atoms with van der Waals surface area (Å²) in [5.74, 6) is -0.790. The fraction of sp³-hybridized carbons (Fsp3) is 0.0500. The van der Waals surface area contributed by atoms with Crippen LogP contribution in [-0.2, 0) is 0 Å². The minimum absolute atomic E-state index is 0.0477. The average molecular weight is 409 g/mol. The van der Waals surface area contributed by atoms with E-state index in [1.165, 1.54) is 49.9 Å². The minimum atomic E-state index is -0.677. The van der Waals surface area contributed by atoms with Gasteiger partial charge in [-0.1, -0.05) is 6.07 Å². The molecule has 3 aromatic rings. The topological polar surface area (TPSA) is 133 Å². The molecular weight excluding hydrogens is 394 g/mol. The highest BCUT2D eigenvalue weighted by molar-refractivity contribution is 5.95. The van der Waals surface area contributed by atoms with Gasteiger partial charge in [-0.15, -0.1) is 0 Å². The Labute approximate surface area is 169 Å². The van der Waals surface area contributed by atoms with Crippen LogP contribution >= 0.6 is 0 Å². The number of ether oxygens (including phenoxy) is 2. The number of benzene rings is 2. The second-order valence-electron chi connectivity index (χ2n) is 5.78. The van der Waals surface area contributed by atoms with Gasteiger partial charge in [-0.3, -0.25) is 14.9 Å². The number of amides is 1. The van der Waals surface area contributed by atoms with E-state index in [0.717, 1.165) is 6.07 Å². The molecule has 0 saturated heterocycles. The van der Waals surface area contributed by atoms with E-state index in [1.807, 2.05) is 0 Å². The largest absolute Gasteiger partial charge is 0.493 e. The van der Waals surface area contributed by atoms with Crippen molar-refractivity contribution in [1.29, 1.82) is 0 Å². The highest BCUT2D eigenvalue weighted by Crippen LogP contribution is 2.28. The van der Waals surface area contributed by atoms with E-state index >= 15 is 0 Å². The second kappa shape index (κ2) is 9.15. The molecule has 3 rings (SSSR count). The maximum absolute atomic E-state index is 12.1. The van der Waals surface area contributed by atoms with Crippen LogP contribution in [0.5, 0.6) is 11.5 Å². The lowest BCUT2D eigenvalue weighted by Crippen LogP contribution is -2.17. The molecule has 0 bridgehead atoms. The Morgan fingerprint density at radius 3 is 2.67 bits per heavy atom. The Bertz CT molecular complexity index is 1110. The third kappa shape index (κ3) is 4.87. The average Bonchev–Trinajstić information content (AvgIpc) is 3.29. The van der Waals surface area contributed by atoms with Crippen molar-refractivity contribution in [2.75, 3.05) is 7.11 Å². The van der Waals surface area contributed by atoms with E-state index in [4.69, 9.17) is 13.9 Å². The molecule has 2 aromatic carbocycles. The van der Waals surface area contributed by atoms with E-state index in [2.05, 4.69) is 10.5 Å². The molecule has 0 aliphatic rings. The molecule has 1 aromatic heterocycles. The molecule has 0 atom stereocenters. The summed E-state index contributed by atoms with van der Waals surface area (Å²) in [6, 6.07) is 13.0. The lowest BCUT2D eigenvalue weighted by Gasteiger charge is -2.09. The van der Waals surface area contributed by atoms with Crippen molar-refractivity contribution in [2.45, 2.75) is 0 Å². The fourth-order valence-electron chi connectivity index (χ4n) is 2.38. The number of carbonyl (C=O) groups excluding carboxylic acids is 2. The van der Waals surface area contributed by atoms with Crippen LogP contribution in [0.15, 0.2) is 70.4 Å². The van der Waals surface area contributed by atoms with E-state index in [-0.39, 0.29) is 28.5 Å². The lowest BCUT2D eigenvalue weighted by atomic mass is 10.2. The molecule has 1 N–H and O–H groups in total. The Hall–Kier alpha value is -4.47. The monoisotopic (exact) mass is 409 g/mol. The van der Waals surface area contributed by atoms with Gasteiger partial charge in [0.25, 0.3) is 11.6 Å². The van der Waals surface area contributed by atoms with Gasteiger partial charge in [0, 0.05) is 17.7 Å². The fourth-order valence-corrected chi connectivity index (χ4v) is 2.38. The SMILES string of the molecule is COc1cc(/C=N\NC(=O)c2cccc([N+](=O)[O-])c2)ccc1OC(=O)c1ccco1. The molecule has 152 valence electrons. The van der Waals surface area contributed by atoms with Crippen LogP contribution in [0, 0.1) is 10.1 Å². The summed E-state index contributed by atoms with van der Waals surface area (Å²) in [6.07, 6.45) is 2.70. The van der Waals surface area contributed by atoms with Gasteiger partial charge in [-0.05, 0) is 42.0 Å². The minimum Gasteiger partial charge on any atom is -0.493 e. The predicted molar refractivity (Wildman–Crippen MR) is 105 cm³/mol. The zero-order valence-corrected chi connectivity index (χ0v) is 15.6. The number of carbonyl (C=O) groups is 2. The summed E-state index contributed by atoms with van der Waals surface area (Å²) in [5, 5.41) is 14.6. The number of hydrogen-bond donors (Lipinski definition) is 1. The lowest BCUT2D eigenvalue weighted by molar-refractivity contribution is -0.384. The van der Waals surface area contributed by atoms with Gasteiger partial charge in [-0.25, -0.2) is 10.2 Å². The van der Waals surface area contributed by atoms with Crippen molar-refractivity contribution in [2.24, 2.45) is 5.10 Å². The van der Waals surface area contributed by atoms with Crippen LogP contribution in [-0.4, -0.2) is 30.1 Å². The van der Waals surface area contributed by atoms with Gasteiger partial charge >= 0.3 is 5.97 Å². The molecule has 1 heterocycles. The zero-order chi connectivity index (χ0) is 21.5. The molecule has 1 amide bonds. The summed E-state index contributed by atoms with van der Waals surface area (Å²) >= 11 is 0. The number of nitrogens with one attached hydrogen (secondary N) is 1. The van der Waals surface area contributed by atoms with Crippen LogP contribution in [0.4, 0.5) is 5.69 Å². The summed E-state index contributed by atoms with van der Waals surface area (Å²) in [6.45, 7) is 0. The molecule has 0 spiro atoms. The third-order valence-corrected chi connectivity index (χ3v) is 3.81. The van der Waals surface area contributed by atoms with Crippen LogP contribution < -0.4 is 14.9 Å². The van der Waals surface area contributed by atoms with Gasteiger partial charge in [0.05, 0.1) is 24.5 Å². The number of nitro groups is 1. The number of nitro benzene ring substituents is 1. The van der Waals surface area contributed by atoms with E-state index in [9.17, 15) is 19.7 Å². The Kier molecular flexibility index (Phi) is 6.18. The summed E-state index contributed by atoms with van der Waals surface area (Å²) < 4.78 is 15.4. The van der Waals surface area contributed by atoms with Gasteiger partial charge in [-0.2, -0.15) is 5.10 Å². The first-order valence-corrected chi connectivity index (χ1v) is 8.49. The number of rotatable bonds is 7. The highest BCUT2D eigenvalue weighted by atomic mass is 16.6. The van der Waals surface area contributed by atoms with Crippen molar-refractivity contribution >= 4 is 23.8 Å². The van der Waals surface area contributed by atoms with Crippen LogP contribution in [0.1, 0.15) is 26.5 Å². The van der Waals surface area contributed by atoms with E-state index in [1.54, 1.807) is 18.2 Å². The van der Waals surface area contributed by atoms with E-state index < -0.39 is 16.8 Å². The Morgan fingerprint density at radius 1 is 1.13 bits per heavy atom. The smallest absolute Gasteiger partial charge is 0.379 e. The number of methoxy groups -OCH3 is 1. The molecular formula is C20H15N3O7. The molecule has 0 aliphatic heterocycles. The molecule has 0 radical (unpaired) electrons. The maximum atomic E-state index is 12.1. The van der Waals surface area contributed by atoms with Crippen LogP contribution in [0.3, 0.4) is 0 Å². The number of hydrogen-bond acceptors (Lipinski definition) is 8. The van der Waals surface area contributed by atoms with Crippen molar-refractivity contribution in [3.05, 3.63) is 87.9 Å². The Balaban J connectivity index is 1.67. The first-order chi connectivity index (χ1) is 14.5. The van der Waals surface area contributed by atoms with Crippen molar-refractivity contribution in [3.8, 4) is 11.5 Å². The summed E-state index contributed by atoms with van der Waals surface area (Å²) in [7, 11) is 1.41. The number of furan rings is 1. The van der Waals surface area contributed by atoms with Gasteiger partial charge < -0.3 is 13.9 Å². The quantitative estimate of drug-likeness (QED) is 0.208. The maximum Gasteiger partial charge on any atom is 0.379 e. The number of non-ortho nitro benzene ring substituents is 1. The second-order valence-corrected chi connectivity index (χ2v) is 5.78.